The summed E-state index contributed by atoms with van der Waals surface area (Å²) in [6.07, 6.45) is 2.35. The molecule has 1 aromatic heterocycles. The van der Waals surface area contributed by atoms with Gasteiger partial charge in [0.1, 0.15) is 11.6 Å². The molecule has 7 heteroatoms. The van der Waals surface area contributed by atoms with Gasteiger partial charge in [-0.15, -0.1) is 10.2 Å². The molecule has 1 fully saturated rings. The number of hydrogen-bond donors (Lipinski definition) is 1. The van der Waals surface area contributed by atoms with Crippen molar-refractivity contribution in [2.75, 3.05) is 23.3 Å². The van der Waals surface area contributed by atoms with Gasteiger partial charge in [-0.25, -0.2) is 8.78 Å². The second-order valence-electron chi connectivity index (χ2n) is 6.66. The van der Waals surface area contributed by atoms with Gasteiger partial charge in [0, 0.05) is 36.0 Å². The summed E-state index contributed by atoms with van der Waals surface area (Å²) in [7, 11) is 0. The van der Waals surface area contributed by atoms with Crippen molar-refractivity contribution in [3.8, 4) is 11.3 Å². The van der Waals surface area contributed by atoms with E-state index in [0.717, 1.165) is 42.7 Å². The molecule has 1 N–H and O–H groups in total. The zero-order valence-electron chi connectivity index (χ0n) is 15.0. The lowest BCUT2D eigenvalue weighted by Gasteiger charge is -2.15. The highest BCUT2D eigenvalue weighted by Gasteiger charge is 2.14. The van der Waals surface area contributed by atoms with Crippen LogP contribution in [0.15, 0.2) is 54.6 Å². The SMILES string of the molecule is O=C(Nc1cc(F)cc(F)c1)c1ccc(-c2ccc(N3CCCC3)nn2)cc1. The molecule has 0 spiro atoms. The standard InChI is InChI=1S/C21H18F2N4O/c22-16-11-17(23)13-18(12-16)24-21(28)15-5-3-14(4-6-15)19-7-8-20(26-25-19)27-9-1-2-10-27/h3-8,11-13H,1-2,9-10H2,(H,24,28). The van der Waals surface area contributed by atoms with Gasteiger partial charge >= 0.3 is 0 Å². The maximum Gasteiger partial charge on any atom is 0.255 e. The average molecular weight is 380 g/mol. The monoisotopic (exact) mass is 380 g/mol. The second kappa shape index (κ2) is 7.72. The number of carbonyl (C=O) groups excluding carboxylic acids is 1. The predicted molar refractivity (Wildman–Crippen MR) is 103 cm³/mol. The summed E-state index contributed by atoms with van der Waals surface area (Å²) in [5, 5.41) is 11.1. The van der Waals surface area contributed by atoms with Crippen molar-refractivity contribution >= 4 is 17.4 Å². The molecule has 1 saturated heterocycles. The summed E-state index contributed by atoms with van der Waals surface area (Å²) in [6, 6.07) is 13.5. The highest BCUT2D eigenvalue weighted by molar-refractivity contribution is 6.04. The first-order valence-electron chi connectivity index (χ1n) is 9.05. The van der Waals surface area contributed by atoms with Crippen LogP contribution in [0.3, 0.4) is 0 Å². The van der Waals surface area contributed by atoms with Crippen molar-refractivity contribution in [3.63, 3.8) is 0 Å². The Hall–Kier alpha value is -3.35. The highest BCUT2D eigenvalue weighted by Crippen LogP contribution is 2.22. The summed E-state index contributed by atoms with van der Waals surface area (Å²) in [4.78, 5) is 14.5. The Morgan fingerprint density at radius 3 is 2.18 bits per heavy atom. The molecule has 28 heavy (non-hydrogen) atoms. The van der Waals surface area contributed by atoms with Gasteiger partial charge in [-0.05, 0) is 49.2 Å². The van der Waals surface area contributed by atoms with Crippen LogP contribution in [0, 0.1) is 11.6 Å². The number of benzene rings is 2. The first-order chi connectivity index (χ1) is 13.6. The van der Waals surface area contributed by atoms with E-state index in [-0.39, 0.29) is 5.69 Å². The zero-order valence-corrected chi connectivity index (χ0v) is 15.0. The summed E-state index contributed by atoms with van der Waals surface area (Å²) >= 11 is 0. The quantitative estimate of drug-likeness (QED) is 0.734. The summed E-state index contributed by atoms with van der Waals surface area (Å²) in [6.45, 7) is 2.01. The van der Waals surface area contributed by atoms with E-state index < -0.39 is 17.5 Å². The maximum absolute atomic E-state index is 13.2. The molecular weight excluding hydrogens is 362 g/mol. The van der Waals surface area contributed by atoms with Crippen molar-refractivity contribution in [1.29, 1.82) is 0 Å². The number of aromatic nitrogens is 2. The Kier molecular flexibility index (Phi) is 4.97. The summed E-state index contributed by atoms with van der Waals surface area (Å²) in [5.41, 5.74) is 1.97. The second-order valence-corrected chi connectivity index (χ2v) is 6.66. The van der Waals surface area contributed by atoms with Gasteiger partial charge in [0.15, 0.2) is 5.82 Å². The lowest BCUT2D eigenvalue weighted by molar-refractivity contribution is 0.102. The molecule has 0 aliphatic carbocycles. The minimum absolute atomic E-state index is 0.0648. The van der Waals surface area contributed by atoms with Crippen LogP contribution in [0.4, 0.5) is 20.3 Å². The Balaban J connectivity index is 1.46. The molecule has 142 valence electrons. The number of rotatable bonds is 4. The Labute approximate surface area is 161 Å². The fraction of sp³-hybridized carbons (Fsp3) is 0.190. The van der Waals surface area contributed by atoms with Gasteiger partial charge in [-0.1, -0.05) is 12.1 Å². The largest absolute Gasteiger partial charge is 0.355 e. The van der Waals surface area contributed by atoms with Gasteiger partial charge < -0.3 is 10.2 Å². The fourth-order valence-electron chi connectivity index (χ4n) is 3.22. The van der Waals surface area contributed by atoms with E-state index in [1.165, 1.54) is 12.8 Å². The van der Waals surface area contributed by atoms with Crippen LogP contribution in [0.5, 0.6) is 0 Å². The van der Waals surface area contributed by atoms with Gasteiger partial charge in [0.25, 0.3) is 5.91 Å². The topological polar surface area (TPSA) is 58.1 Å². The minimum atomic E-state index is -0.749. The third-order valence-corrected chi connectivity index (χ3v) is 4.64. The zero-order chi connectivity index (χ0) is 19.5. The normalized spacial score (nSPS) is 13.6. The van der Waals surface area contributed by atoms with Crippen molar-refractivity contribution < 1.29 is 13.6 Å². The Morgan fingerprint density at radius 1 is 0.893 bits per heavy atom. The van der Waals surface area contributed by atoms with Crippen LogP contribution in [0.1, 0.15) is 23.2 Å². The van der Waals surface area contributed by atoms with Crippen molar-refractivity contribution in [3.05, 3.63) is 71.8 Å². The molecule has 0 radical (unpaired) electrons. The molecule has 1 aliphatic rings. The van der Waals surface area contributed by atoms with Crippen LogP contribution in [-0.4, -0.2) is 29.2 Å². The van der Waals surface area contributed by atoms with E-state index in [4.69, 9.17) is 0 Å². The van der Waals surface area contributed by atoms with E-state index in [1.54, 1.807) is 24.3 Å². The van der Waals surface area contributed by atoms with Crippen LogP contribution in [0.25, 0.3) is 11.3 Å². The number of nitrogens with one attached hydrogen (secondary N) is 1. The predicted octanol–water partition coefficient (Wildman–Crippen LogP) is 4.27. The third kappa shape index (κ3) is 3.98. The summed E-state index contributed by atoms with van der Waals surface area (Å²) in [5.74, 6) is -1.07. The van der Waals surface area contributed by atoms with E-state index >= 15 is 0 Å². The molecule has 2 heterocycles. The van der Waals surface area contributed by atoms with Gasteiger partial charge in [0.2, 0.25) is 0 Å². The van der Waals surface area contributed by atoms with Crippen LogP contribution >= 0.6 is 0 Å². The number of carbonyl (C=O) groups is 1. The molecule has 0 bridgehead atoms. The smallest absolute Gasteiger partial charge is 0.255 e. The Morgan fingerprint density at radius 2 is 1.57 bits per heavy atom. The number of nitrogens with zero attached hydrogens (tertiary/aromatic N) is 3. The fourth-order valence-corrected chi connectivity index (χ4v) is 3.22. The lowest BCUT2D eigenvalue weighted by Crippen LogP contribution is -2.19. The van der Waals surface area contributed by atoms with Crippen LogP contribution in [0.2, 0.25) is 0 Å². The number of hydrogen-bond acceptors (Lipinski definition) is 4. The third-order valence-electron chi connectivity index (χ3n) is 4.64. The van der Waals surface area contributed by atoms with E-state index in [1.807, 2.05) is 12.1 Å². The van der Waals surface area contributed by atoms with Gasteiger partial charge in [-0.3, -0.25) is 4.79 Å². The van der Waals surface area contributed by atoms with E-state index in [0.29, 0.717) is 11.3 Å². The maximum atomic E-state index is 13.2. The molecule has 0 atom stereocenters. The Bertz CT molecular complexity index is 964. The highest BCUT2D eigenvalue weighted by atomic mass is 19.1. The first-order valence-corrected chi connectivity index (χ1v) is 9.05. The number of anilines is 2. The molecule has 5 nitrogen and oxygen atoms in total. The molecule has 0 unspecified atom stereocenters. The average Bonchev–Trinajstić information content (AvgIpc) is 3.22. The molecular formula is C21H18F2N4O. The minimum Gasteiger partial charge on any atom is -0.355 e. The number of amides is 1. The lowest BCUT2D eigenvalue weighted by atomic mass is 10.1. The molecule has 0 saturated carbocycles. The molecule has 3 aromatic rings. The molecule has 1 aliphatic heterocycles. The van der Waals surface area contributed by atoms with E-state index in [2.05, 4.69) is 20.4 Å². The number of halogens is 2. The molecule has 2 aromatic carbocycles. The van der Waals surface area contributed by atoms with E-state index in [9.17, 15) is 13.6 Å². The van der Waals surface area contributed by atoms with Crippen molar-refractivity contribution in [2.24, 2.45) is 0 Å². The van der Waals surface area contributed by atoms with Crippen LogP contribution in [-0.2, 0) is 0 Å². The van der Waals surface area contributed by atoms with Gasteiger partial charge in [0.05, 0.1) is 5.69 Å². The van der Waals surface area contributed by atoms with Crippen molar-refractivity contribution in [1.82, 2.24) is 10.2 Å². The molecule has 1 amide bonds. The first kappa shape index (κ1) is 18.0. The summed E-state index contributed by atoms with van der Waals surface area (Å²) < 4.78 is 26.5. The molecule has 4 rings (SSSR count). The van der Waals surface area contributed by atoms with Crippen LogP contribution < -0.4 is 10.2 Å². The van der Waals surface area contributed by atoms with Crippen molar-refractivity contribution in [2.45, 2.75) is 12.8 Å². The van der Waals surface area contributed by atoms with Gasteiger partial charge in [-0.2, -0.15) is 0 Å².